The molecule has 2 N–H and O–H groups in total. The number of para-hydroxylation sites is 1. The van der Waals surface area contributed by atoms with Crippen LogP contribution in [0.15, 0.2) is 48.5 Å². The van der Waals surface area contributed by atoms with Crippen molar-refractivity contribution in [2.24, 2.45) is 0 Å². The standard InChI is InChI=1S/C20H24FN3O2S/c1-25-16-8-6-15(7-9-16)19(24-10-12-26-13-11-24)14-22-20(27)23-18-5-3-2-4-17(18)21/h2-9,19H,10-14H2,1H3,(H2,22,23,27)/t19-/m0/s1. The number of halogens is 1. The second kappa shape index (κ2) is 9.64. The van der Waals surface area contributed by atoms with Crippen molar-refractivity contribution in [1.29, 1.82) is 0 Å². The average molecular weight is 389 g/mol. The lowest BCUT2D eigenvalue weighted by Gasteiger charge is -2.35. The van der Waals surface area contributed by atoms with Gasteiger partial charge in [0.05, 0.1) is 32.1 Å². The van der Waals surface area contributed by atoms with Crippen molar-refractivity contribution < 1.29 is 13.9 Å². The fraction of sp³-hybridized carbons (Fsp3) is 0.350. The number of methoxy groups -OCH3 is 1. The molecule has 1 saturated heterocycles. The Morgan fingerprint density at radius 1 is 1.19 bits per heavy atom. The molecule has 1 aliphatic heterocycles. The van der Waals surface area contributed by atoms with Crippen LogP contribution in [0.4, 0.5) is 10.1 Å². The molecule has 7 heteroatoms. The number of thiocarbonyl (C=S) groups is 1. The first-order valence-electron chi connectivity index (χ1n) is 8.92. The molecule has 3 rings (SSSR count). The predicted octanol–water partition coefficient (Wildman–Crippen LogP) is 3.19. The highest BCUT2D eigenvalue weighted by Gasteiger charge is 2.23. The lowest BCUT2D eigenvalue weighted by Crippen LogP contribution is -2.44. The highest BCUT2D eigenvalue weighted by molar-refractivity contribution is 7.80. The van der Waals surface area contributed by atoms with Crippen molar-refractivity contribution >= 4 is 23.0 Å². The topological polar surface area (TPSA) is 45.8 Å². The van der Waals surface area contributed by atoms with Gasteiger partial charge >= 0.3 is 0 Å². The van der Waals surface area contributed by atoms with Crippen LogP contribution in [0.3, 0.4) is 0 Å². The highest BCUT2D eigenvalue weighted by atomic mass is 32.1. The number of hydrogen-bond donors (Lipinski definition) is 2. The van der Waals surface area contributed by atoms with Crippen LogP contribution in [-0.2, 0) is 4.74 Å². The van der Waals surface area contributed by atoms with Gasteiger partial charge in [0.25, 0.3) is 0 Å². The molecule has 2 aromatic carbocycles. The minimum Gasteiger partial charge on any atom is -0.497 e. The smallest absolute Gasteiger partial charge is 0.170 e. The molecule has 2 aromatic rings. The molecular formula is C20H24FN3O2S. The van der Waals surface area contributed by atoms with Crippen molar-refractivity contribution in [2.75, 3.05) is 45.3 Å². The number of benzene rings is 2. The lowest BCUT2D eigenvalue weighted by molar-refractivity contribution is 0.0170. The van der Waals surface area contributed by atoms with Gasteiger partial charge in [-0.2, -0.15) is 0 Å². The van der Waals surface area contributed by atoms with Gasteiger partial charge in [0.15, 0.2) is 5.11 Å². The van der Waals surface area contributed by atoms with E-state index in [9.17, 15) is 4.39 Å². The lowest BCUT2D eigenvalue weighted by atomic mass is 10.0. The Labute approximate surface area is 164 Å². The molecular weight excluding hydrogens is 365 g/mol. The van der Waals surface area contributed by atoms with Crippen LogP contribution < -0.4 is 15.4 Å². The van der Waals surface area contributed by atoms with Crippen LogP contribution in [0.25, 0.3) is 0 Å². The van der Waals surface area contributed by atoms with E-state index in [-0.39, 0.29) is 11.9 Å². The summed E-state index contributed by atoms with van der Waals surface area (Å²) in [6.07, 6.45) is 0. The zero-order valence-corrected chi connectivity index (χ0v) is 16.1. The number of nitrogens with zero attached hydrogens (tertiary/aromatic N) is 1. The monoisotopic (exact) mass is 389 g/mol. The number of rotatable bonds is 6. The first-order chi connectivity index (χ1) is 13.2. The van der Waals surface area contributed by atoms with E-state index in [1.807, 2.05) is 12.1 Å². The molecule has 0 saturated carbocycles. The largest absolute Gasteiger partial charge is 0.497 e. The third kappa shape index (κ3) is 5.38. The van der Waals surface area contributed by atoms with Gasteiger partial charge in [-0.05, 0) is 42.0 Å². The van der Waals surface area contributed by atoms with Crippen LogP contribution in [0.1, 0.15) is 11.6 Å². The summed E-state index contributed by atoms with van der Waals surface area (Å²) in [7, 11) is 1.66. The molecule has 144 valence electrons. The molecule has 0 aliphatic carbocycles. The Hall–Kier alpha value is -2.22. The third-order valence-corrected chi connectivity index (χ3v) is 4.81. The number of hydrogen-bond acceptors (Lipinski definition) is 4. The Balaban J connectivity index is 1.67. The maximum absolute atomic E-state index is 13.8. The summed E-state index contributed by atoms with van der Waals surface area (Å²) in [6.45, 7) is 3.74. The van der Waals surface area contributed by atoms with Crippen LogP contribution in [0, 0.1) is 5.82 Å². The maximum atomic E-state index is 13.8. The summed E-state index contributed by atoms with van der Waals surface area (Å²) in [6, 6.07) is 14.6. The first kappa shape index (κ1) is 19.5. The van der Waals surface area contributed by atoms with Gasteiger partial charge in [0.2, 0.25) is 0 Å². The van der Waals surface area contributed by atoms with E-state index in [2.05, 4.69) is 27.7 Å². The molecule has 0 bridgehead atoms. The number of morpholine rings is 1. The molecule has 0 amide bonds. The second-order valence-electron chi connectivity index (χ2n) is 6.25. The van der Waals surface area contributed by atoms with Crippen molar-refractivity contribution in [3.8, 4) is 5.75 Å². The van der Waals surface area contributed by atoms with Gasteiger partial charge in [-0.1, -0.05) is 24.3 Å². The van der Waals surface area contributed by atoms with E-state index in [0.717, 1.165) is 18.8 Å². The molecule has 0 spiro atoms. The van der Waals surface area contributed by atoms with Gasteiger partial charge in [0.1, 0.15) is 11.6 Å². The van der Waals surface area contributed by atoms with Crippen LogP contribution >= 0.6 is 12.2 Å². The Bertz CT molecular complexity index is 751. The molecule has 1 fully saturated rings. The van der Waals surface area contributed by atoms with E-state index in [4.69, 9.17) is 21.7 Å². The summed E-state index contributed by atoms with van der Waals surface area (Å²) in [4.78, 5) is 2.37. The van der Waals surface area contributed by atoms with Crippen molar-refractivity contribution in [2.45, 2.75) is 6.04 Å². The minimum absolute atomic E-state index is 0.125. The average Bonchev–Trinajstić information content (AvgIpc) is 2.71. The number of ether oxygens (including phenoxy) is 2. The second-order valence-corrected chi connectivity index (χ2v) is 6.66. The van der Waals surface area contributed by atoms with Gasteiger partial charge in [-0.25, -0.2) is 4.39 Å². The summed E-state index contributed by atoms with van der Waals surface area (Å²) >= 11 is 5.35. The Morgan fingerprint density at radius 3 is 2.56 bits per heavy atom. The van der Waals surface area contributed by atoms with Crippen LogP contribution in [0.2, 0.25) is 0 Å². The number of nitrogens with one attached hydrogen (secondary N) is 2. The summed E-state index contributed by atoms with van der Waals surface area (Å²) in [5, 5.41) is 6.54. The maximum Gasteiger partial charge on any atom is 0.170 e. The molecule has 5 nitrogen and oxygen atoms in total. The summed E-state index contributed by atoms with van der Waals surface area (Å²) in [5.74, 6) is 0.491. The van der Waals surface area contributed by atoms with E-state index < -0.39 is 0 Å². The van der Waals surface area contributed by atoms with Gasteiger partial charge in [-0.15, -0.1) is 0 Å². The highest BCUT2D eigenvalue weighted by Crippen LogP contribution is 2.23. The number of anilines is 1. The van der Waals surface area contributed by atoms with E-state index in [1.165, 1.54) is 11.6 Å². The summed E-state index contributed by atoms with van der Waals surface area (Å²) in [5.41, 5.74) is 1.53. The molecule has 1 heterocycles. The van der Waals surface area contributed by atoms with Gasteiger partial charge in [-0.3, -0.25) is 4.90 Å². The fourth-order valence-corrected chi connectivity index (χ4v) is 3.28. The van der Waals surface area contributed by atoms with Crippen molar-refractivity contribution in [1.82, 2.24) is 10.2 Å². The van der Waals surface area contributed by atoms with Crippen molar-refractivity contribution in [3.05, 3.63) is 59.9 Å². The van der Waals surface area contributed by atoms with E-state index >= 15 is 0 Å². The van der Waals surface area contributed by atoms with Gasteiger partial charge in [0, 0.05) is 19.6 Å². The molecule has 0 radical (unpaired) electrons. The minimum atomic E-state index is -0.332. The van der Waals surface area contributed by atoms with E-state index in [1.54, 1.807) is 25.3 Å². The molecule has 0 aromatic heterocycles. The van der Waals surface area contributed by atoms with Crippen LogP contribution in [-0.4, -0.2) is 50.0 Å². The summed E-state index contributed by atoms with van der Waals surface area (Å²) < 4.78 is 24.5. The fourth-order valence-electron chi connectivity index (χ4n) is 3.09. The quantitative estimate of drug-likeness (QED) is 0.740. The predicted molar refractivity (Wildman–Crippen MR) is 109 cm³/mol. The van der Waals surface area contributed by atoms with Gasteiger partial charge < -0.3 is 20.1 Å². The molecule has 1 aliphatic rings. The zero-order valence-electron chi connectivity index (χ0n) is 15.3. The molecule has 27 heavy (non-hydrogen) atoms. The molecule has 1 atom stereocenters. The Kier molecular flexibility index (Phi) is 6.98. The SMILES string of the molecule is COc1ccc([C@H](CNC(=S)Nc2ccccc2F)N2CCOCC2)cc1. The zero-order chi connectivity index (χ0) is 19.1. The third-order valence-electron chi connectivity index (χ3n) is 4.57. The molecule has 0 unspecified atom stereocenters. The first-order valence-corrected chi connectivity index (χ1v) is 9.33. The van der Waals surface area contributed by atoms with E-state index in [0.29, 0.717) is 30.6 Å². The normalized spacial score (nSPS) is 15.8. The van der Waals surface area contributed by atoms with Crippen LogP contribution in [0.5, 0.6) is 5.75 Å². The Morgan fingerprint density at radius 2 is 1.89 bits per heavy atom. The van der Waals surface area contributed by atoms with Crippen molar-refractivity contribution in [3.63, 3.8) is 0 Å².